The van der Waals surface area contributed by atoms with Crippen LogP contribution < -0.4 is 0 Å². The number of rotatable bonds is 4. The largest absolute Gasteiger partial charge is 0.451 e. The molecule has 0 aliphatic heterocycles. The van der Waals surface area contributed by atoms with Crippen molar-refractivity contribution in [2.45, 2.75) is 20.8 Å². The van der Waals surface area contributed by atoms with Crippen molar-refractivity contribution in [2.75, 3.05) is 6.61 Å². The Hall–Kier alpha value is -0.620. The molecule has 0 N–H and O–H groups in total. The van der Waals surface area contributed by atoms with Gasteiger partial charge in [0.1, 0.15) is 0 Å². The SMILES string of the molecule is CC(=O)OS(=O)(=O)OCC(C)C. The maximum absolute atomic E-state index is 10.7. The summed E-state index contributed by atoms with van der Waals surface area (Å²) in [4.78, 5) is 10.2. The fourth-order valence-corrected chi connectivity index (χ4v) is 1.16. The van der Waals surface area contributed by atoms with Crippen molar-refractivity contribution >= 4 is 16.4 Å². The zero-order chi connectivity index (χ0) is 9.78. The normalized spacial score (nSPS) is 11.7. The van der Waals surface area contributed by atoms with Gasteiger partial charge in [-0.25, -0.2) is 4.18 Å². The first-order valence-corrected chi connectivity index (χ1v) is 4.76. The smallest absolute Gasteiger partial charge is 0.325 e. The Labute approximate surface area is 72.0 Å². The Morgan fingerprint density at radius 2 is 1.92 bits per heavy atom. The summed E-state index contributed by atoms with van der Waals surface area (Å²) >= 11 is 0. The fourth-order valence-electron chi connectivity index (χ4n) is 0.387. The Morgan fingerprint density at radius 3 is 2.25 bits per heavy atom. The molecule has 0 bridgehead atoms. The zero-order valence-corrected chi connectivity index (χ0v) is 8.05. The molecule has 72 valence electrons. The summed E-state index contributed by atoms with van der Waals surface area (Å²) in [5.41, 5.74) is 0. The molecule has 0 rings (SSSR count). The van der Waals surface area contributed by atoms with Crippen LogP contribution in [-0.2, 0) is 23.6 Å². The van der Waals surface area contributed by atoms with Gasteiger partial charge in [-0.3, -0.25) is 4.79 Å². The molecule has 0 aliphatic carbocycles. The van der Waals surface area contributed by atoms with Crippen LogP contribution in [0.1, 0.15) is 20.8 Å². The molecule has 0 aromatic rings. The minimum Gasteiger partial charge on any atom is -0.325 e. The van der Waals surface area contributed by atoms with E-state index < -0.39 is 16.4 Å². The standard InChI is InChI=1S/C6H12O5S/c1-5(2)4-10-12(8,9)11-6(3)7/h5H,4H2,1-3H3. The van der Waals surface area contributed by atoms with E-state index in [4.69, 9.17) is 0 Å². The van der Waals surface area contributed by atoms with Gasteiger partial charge in [0.25, 0.3) is 0 Å². The van der Waals surface area contributed by atoms with Crippen molar-refractivity contribution in [3.63, 3.8) is 0 Å². The number of hydrogen-bond acceptors (Lipinski definition) is 5. The van der Waals surface area contributed by atoms with E-state index in [0.29, 0.717) is 0 Å². The lowest BCUT2D eigenvalue weighted by atomic mass is 10.2. The van der Waals surface area contributed by atoms with Crippen LogP contribution in [0.5, 0.6) is 0 Å². The third kappa shape index (κ3) is 6.11. The van der Waals surface area contributed by atoms with E-state index in [1.165, 1.54) is 0 Å². The molecule has 0 spiro atoms. The average molecular weight is 196 g/mol. The number of carbonyl (C=O) groups is 1. The Bertz CT molecular complexity index is 241. The van der Waals surface area contributed by atoms with Gasteiger partial charge in [0.15, 0.2) is 0 Å². The summed E-state index contributed by atoms with van der Waals surface area (Å²) in [6, 6.07) is 0. The predicted octanol–water partition coefficient (Wildman–Crippen LogP) is 0.467. The van der Waals surface area contributed by atoms with Gasteiger partial charge < -0.3 is 4.18 Å². The van der Waals surface area contributed by atoms with Gasteiger partial charge in [-0.15, -0.1) is 0 Å². The summed E-state index contributed by atoms with van der Waals surface area (Å²) in [7, 11) is -4.13. The Morgan fingerprint density at radius 1 is 1.42 bits per heavy atom. The van der Waals surface area contributed by atoms with Gasteiger partial charge in [-0.1, -0.05) is 13.8 Å². The lowest BCUT2D eigenvalue weighted by Crippen LogP contribution is -2.16. The molecule has 0 aromatic carbocycles. The topological polar surface area (TPSA) is 69.7 Å². The van der Waals surface area contributed by atoms with E-state index in [0.717, 1.165) is 6.92 Å². The molecule has 0 unspecified atom stereocenters. The Kier molecular flexibility index (Phi) is 4.19. The van der Waals surface area contributed by atoms with Crippen LogP contribution in [0.4, 0.5) is 0 Å². The monoisotopic (exact) mass is 196 g/mol. The van der Waals surface area contributed by atoms with E-state index in [1.807, 2.05) is 0 Å². The summed E-state index contributed by atoms with van der Waals surface area (Å²) < 4.78 is 29.6. The number of hydrogen-bond donors (Lipinski definition) is 0. The summed E-state index contributed by atoms with van der Waals surface area (Å²) in [5.74, 6) is -0.839. The molecule has 0 aliphatic rings. The molecule has 0 saturated heterocycles. The van der Waals surface area contributed by atoms with Gasteiger partial charge in [0.05, 0.1) is 6.61 Å². The highest BCUT2D eigenvalue weighted by Gasteiger charge is 2.15. The zero-order valence-electron chi connectivity index (χ0n) is 7.23. The van der Waals surface area contributed by atoms with E-state index >= 15 is 0 Å². The summed E-state index contributed by atoms with van der Waals surface area (Å²) in [6.45, 7) is 4.57. The third-order valence-electron chi connectivity index (χ3n) is 0.765. The lowest BCUT2D eigenvalue weighted by molar-refractivity contribution is -0.132. The Balaban J connectivity index is 3.98. The van der Waals surface area contributed by atoms with Crippen molar-refractivity contribution in [3.05, 3.63) is 0 Å². The van der Waals surface area contributed by atoms with E-state index in [-0.39, 0.29) is 12.5 Å². The van der Waals surface area contributed by atoms with Crippen LogP contribution >= 0.6 is 0 Å². The van der Waals surface area contributed by atoms with Crippen molar-refractivity contribution < 1.29 is 21.6 Å². The molecule has 0 saturated carbocycles. The second kappa shape index (κ2) is 4.42. The quantitative estimate of drug-likeness (QED) is 0.653. The van der Waals surface area contributed by atoms with E-state index in [9.17, 15) is 13.2 Å². The molecule has 0 amide bonds. The van der Waals surface area contributed by atoms with Crippen LogP contribution in [0.3, 0.4) is 0 Å². The number of carbonyl (C=O) groups excluding carboxylic acids is 1. The molecule has 0 heterocycles. The highest BCUT2D eigenvalue weighted by atomic mass is 32.3. The van der Waals surface area contributed by atoms with Crippen LogP contribution in [0, 0.1) is 5.92 Å². The van der Waals surface area contributed by atoms with Gasteiger partial charge in [0, 0.05) is 6.92 Å². The molecule has 0 fully saturated rings. The summed E-state index contributed by atoms with van der Waals surface area (Å²) in [6.07, 6.45) is 0. The highest BCUT2D eigenvalue weighted by molar-refractivity contribution is 7.82. The van der Waals surface area contributed by atoms with Crippen molar-refractivity contribution in [1.82, 2.24) is 0 Å². The van der Waals surface area contributed by atoms with Crippen molar-refractivity contribution in [2.24, 2.45) is 5.92 Å². The second-order valence-corrected chi connectivity index (χ2v) is 3.88. The van der Waals surface area contributed by atoms with Crippen molar-refractivity contribution in [1.29, 1.82) is 0 Å². The van der Waals surface area contributed by atoms with Gasteiger partial charge in [-0.05, 0) is 5.92 Å². The van der Waals surface area contributed by atoms with Gasteiger partial charge in [-0.2, -0.15) is 8.42 Å². The predicted molar refractivity (Wildman–Crippen MR) is 41.5 cm³/mol. The molecular weight excluding hydrogens is 184 g/mol. The average Bonchev–Trinajstić information content (AvgIpc) is 1.81. The highest BCUT2D eigenvalue weighted by Crippen LogP contribution is 2.00. The van der Waals surface area contributed by atoms with E-state index in [2.05, 4.69) is 8.37 Å². The molecule has 6 heteroatoms. The molecule has 5 nitrogen and oxygen atoms in total. The van der Waals surface area contributed by atoms with Gasteiger partial charge >= 0.3 is 16.4 Å². The van der Waals surface area contributed by atoms with Crippen LogP contribution in [0.25, 0.3) is 0 Å². The van der Waals surface area contributed by atoms with Gasteiger partial charge in [0.2, 0.25) is 0 Å². The van der Waals surface area contributed by atoms with Crippen LogP contribution in [0.2, 0.25) is 0 Å². The van der Waals surface area contributed by atoms with Crippen LogP contribution in [0.15, 0.2) is 0 Å². The van der Waals surface area contributed by atoms with Crippen LogP contribution in [-0.4, -0.2) is 21.0 Å². The third-order valence-corrected chi connectivity index (χ3v) is 1.63. The van der Waals surface area contributed by atoms with Crippen molar-refractivity contribution in [3.8, 4) is 0 Å². The lowest BCUT2D eigenvalue weighted by Gasteiger charge is -2.05. The molecule has 0 atom stereocenters. The first-order valence-electron chi connectivity index (χ1n) is 3.43. The first kappa shape index (κ1) is 11.4. The van der Waals surface area contributed by atoms with E-state index in [1.54, 1.807) is 13.8 Å². The second-order valence-electron chi connectivity index (χ2n) is 2.66. The molecule has 0 aromatic heterocycles. The molecule has 0 radical (unpaired) electrons. The minimum atomic E-state index is -4.13. The first-order chi connectivity index (χ1) is 5.33. The fraction of sp³-hybridized carbons (Fsp3) is 0.833. The maximum atomic E-state index is 10.7. The molecule has 12 heavy (non-hydrogen) atoms. The summed E-state index contributed by atoms with van der Waals surface area (Å²) in [5, 5.41) is 0. The maximum Gasteiger partial charge on any atom is 0.451 e. The minimum absolute atomic E-state index is 0.00954. The molecular formula is C6H12O5S.